The van der Waals surface area contributed by atoms with Crippen LogP contribution in [0.15, 0.2) is 6.26 Å². The van der Waals surface area contributed by atoms with Gasteiger partial charge in [0.15, 0.2) is 0 Å². The van der Waals surface area contributed by atoms with Gasteiger partial charge in [0.25, 0.3) is 0 Å². The zero-order chi connectivity index (χ0) is 4.95. The monoisotopic (exact) mass is 97.1 g/mol. The van der Waals surface area contributed by atoms with Crippen molar-refractivity contribution in [3.8, 4) is 0 Å². The maximum Gasteiger partial charge on any atom is 0.0873 e. The van der Waals surface area contributed by atoms with E-state index in [1.54, 1.807) is 6.26 Å². The molecule has 0 aromatic carbocycles. The predicted molar refractivity (Wildman–Crippen MR) is 27.6 cm³/mol. The van der Waals surface area contributed by atoms with Crippen LogP contribution in [0.3, 0.4) is 0 Å². The Kier molecular flexibility index (Phi) is 1.79. The van der Waals surface area contributed by atoms with Gasteiger partial charge in [0.2, 0.25) is 0 Å². The van der Waals surface area contributed by atoms with E-state index < -0.39 is 0 Å². The molecule has 1 radical (unpaired) electrons. The predicted octanol–water partition coefficient (Wildman–Crippen LogP) is 1.50. The van der Waals surface area contributed by atoms with Crippen LogP contribution in [0, 0.1) is 6.08 Å². The van der Waals surface area contributed by atoms with E-state index >= 15 is 0 Å². The van der Waals surface area contributed by atoms with Crippen LogP contribution >= 0.6 is 0 Å². The van der Waals surface area contributed by atoms with Crippen molar-refractivity contribution in [2.75, 3.05) is 6.61 Å². The first-order chi connectivity index (χ1) is 3.50. The first kappa shape index (κ1) is 4.69. The Labute approximate surface area is 44.0 Å². The van der Waals surface area contributed by atoms with Gasteiger partial charge in [0, 0.05) is 0 Å². The molecule has 1 aliphatic rings. The summed E-state index contributed by atoms with van der Waals surface area (Å²) in [7, 11) is 0. The quantitative estimate of drug-likeness (QED) is 0.445. The van der Waals surface area contributed by atoms with E-state index in [1.807, 2.05) is 0 Å². The molecule has 1 heterocycles. The van der Waals surface area contributed by atoms with Gasteiger partial charge in [0.1, 0.15) is 0 Å². The van der Waals surface area contributed by atoms with Crippen molar-refractivity contribution in [3.63, 3.8) is 0 Å². The average molecular weight is 97.1 g/mol. The van der Waals surface area contributed by atoms with E-state index in [0.717, 1.165) is 13.0 Å². The van der Waals surface area contributed by atoms with Crippen molar-refractivity contribution in [3.05, 3.63) is 12.3 Å². The first-order valence-corrected chi connectivity index (χ1v) is 2.67. The molecule has 0 aliphatic carbocycles. The van der Waals surface area contributed by atoms with E-state index in [2.05, 4.69) is 6.08 Å². The van der Waals surface area contributed by atoms with Crippen LogP contribution in [0.4, 0.5) is 0 Å². The molecule has 0 aromatic heterocycles. The molecule has 0 amide bonds. The fourth-order valence-electron chi connectivity index (χ4n) is 0.589. The Bertz CT molecular complexity index is 58.6. The van der Waals surface area contributed by atoms with Crippen molar-refractivity contribution in [2.24, 2.45) is 0 Å². The molecule has 39 valence electrons. The molecule has 0 aromatic rings. The van der Waals surface area contributed by atoms with Crippen LogP contribution < -0.4 is 0 Å². The van der Waals surface area contributed by atoms with E-state index in [-0.39, 0.29) is 0 Å². The normalized spacial score (nSPS) is 20.6. The fraction of sp³-hybridized carbons (Fsp3) is 0.667. The summed E-state index contributed by atoms with van der Waals surface area (Å²) in [6.07, 6.45) is 8.16. The van der Waals surface area contributed by atoms with Gasteiger partial charge < -0.3 is 4.74 Å². The third-order valence-corrected chi connectivity index (χ3v) is 1.000. The van der Waals surface area contributed by atoms with Gasteiger partial charge in [-0.2, -0.15) is 0 Å². The zero-order valence-corrected chi connectivity index (χ0v) is 4.31. The number of allylic oxidation sites excluding steroid dienone is 1. The summed E-state index contributed by atoms with van der Waals surface area (Å²) in [6, 6.07) is 0. The van der Waals surface area contributed by atoms with Gasteiger partial charge in [-0.15, -0.1) is 0 Å². The Balaban J connectivity index is 2.20. The molecule has 0 saturated carbocycles. The third-order valence-electron chi connectivity index (χ3n) is 1.000. The molecule has 1 nitrogen and oxygen atoms in total. The van der Waals surface area contributed by atoms with E-state index in [1.165, 1.54) is 12.8 Å². The second-order valence-electron chi connectivity index (χ2n) is 1.65. The van der Waals surface area contributed by atoms with Crippen molar-refractivity contribution in [2.45, 2.75) is 19.3 Å². The maximum atomic E-state index is 4.96. The highest BCUT2D eigenvalue weighted by atomic mass is 16.5. The minimum atomic E-state index is 0.882. The van der Waals surface area contributed by atoms with Gasteiger partial charge in [-0.05, 0) is 25.3 Å². The molecule has 1 rings (SSSR count). The van der Waals surface area contributed by atoms with E-state index in [0.29, 0.717) is 0 Å². The minimum Gasteiger partial charge on any atom is -0.501 e. The summed E-state index contributed by atoms with van der Waals surface area (Å²) in [6.45, 7) is 0.882. The largest absolute Gasteiger partial charge is 0.501 e. The Morgan fingerprint density at radius 2 is 2.43 bits per heavy atom. The van der Waals surface area contributed by atoms with Crippen molar-refractivity contribution in [1.82, 2.24) is 0 Å². The Morgan fingerprint density at radius 3 is 3.43 bits per heavy atom. The summed E-state index contributed by atoms with van der Waals surface area (Å²) in [4.78, 5) is 0. The topological polar surface area (TPSA) is 9.23 Å². The molecule has 7 heavy (non-hydrogen) atoms. The summed E-state index contributed by atoms with van der Waals surface area (Å²) in [5.74, 6) is 0. The lowest BCUT2D eigenvalue weighted by Crippen LogP contribution is -1.81. The van der Waals surface area contributed by atoms with Gasteiger partial charge >= 0.3 is 0 Å². The van der Waals surface area contributed by atoms with Crippen LogP contribution in [0.2, 0.25) is 0 Å². The number of ether oxygens (including phenoxy) is 1. The highest BCUT2D eigenvalue weighted by molar-refractivity contribution is 4.66. The van der Waals surface area contributed by atoms with Gasteiger partial charge in [-0.1, -0.05) is 0 Å². The Morgan fingerprint density at radius 1 is 1.43 bits per heavy atom. The molecule has 0 unspecified atom stereocenters. The summed E-state index contributed by atoms with van der Waals surface area (Å²) in [5.41, 5.74) is 0. The summed E-state index contributed by atoms with van der Waals surface area (Å²) >= 11 is 0. The fourth-order valence-corrected chi connectivity index (χ4v) is 0.589. The van der Waals surface area contributed by atoms with Crippen molar-refractivity contribution >= 4 is 0 Å². The lowest BCUT2D eigenvalue weighted by atomic mass is 10.2. The van der Waals surface area contributed by atoms with Crippen LogP contribution in [-0.2, 0) is 4.74 Å². The molecule has 0 fully saturated rings. The highest BCUT2D eigenvalue weighted by Crippen LogP contribution is 2.00. The molecular weight excluding hydrogens is 88.1 g/mol. The van der Waals surface area contributed by atoms with Crippen molar-refractivity contribution < 1.29 is 4.74 Å². The third kappa shape index (κ3) is 1.62. The second kappa shape index (κ2) is 2.67. The molecule has 0 saturated heterocycles. The van der Waals surface area contributed by atoms with Crippen LogP contribution in [-0.4, -0.2) is 6.61 Å². The van der Waals surface area contributed by atoms with Gasteiger partial charge in [-0.3, -0.25) is 0 Å². The summed E-state index contributed by atoms with van der Waals surface area (Å²) in [5, 5.41) is 0. The minimum absolute atomic E-state index is 0.882. The smallest absolute Gasteiger partial charge is 0.0873 e. The number of hydrogen-bond donors (Lipinski definition) is 0. The SMILES string of the molecule is [C]1=COCCCC1. The van der Waals surface area contributed by atoms with E-state index in [9.17, 15) is 0 Å². The van der Waals surface area contributed by atoms with Crippen LogP contribution in [0.25, 0.3) is 0 Å². The molecule has 1 heteroatoms. The number of rotatable bonds is 0. The zero-order valence-electron chi connectivity index (χ0n) is 4.31. The molecule has 0 bridgehead atoms. The van der Waals surface area contributed by atoms with E-state index in [4.69, 9.17) is 4.74 Å². The number of hydrogen-bond acceptors (Lipinski definition) is 1. The molecule has 1 aliphatic heterocycles. The molecule has 0 atom stereocenters. The van der Waals surface area contributed by atoms with Crippen LogP contribution in [0.1, 0.15) is 19.3 Å². The lowest BCUT2D eigenvalue weighted by molar-refractivity contribution is 0.249. The van der Waals surface area contributed by atoms with Crippen molar-refractivity contribution in [1.29, 1.82) is 0 Å². The Hall–Kier alpha value is -0.460. The van der Waals surface area contributed by atoms with Gasteiger partial charge in [-0.25, -0.2) is 0 Å². The summed E-state index contributed by atoms with van der Waals surface area (Å²) < 4.78 is 4.96. The average Bonchev–Trinajstić information content (AvgIpc) is 1.90. The van der Waals surface area contributed by atoms with Crippen LogP contribution in [0.5, 0.6) is 0 Å². The molecule has 0 N–H and O–H groups in total. The molecule has 0 spiro atoms. The highest BCUT2D eigenvalue weighted by Gasteiger charge is 1.89. The lowest BCUT2D eigenvalue weighted by Gasteiger charge is -1.90. The van der Waals surface area contributed by atoms with Gasteiger partial charge in [0.05, 0.1) is 12.9 Å². The molecular formula is C6H9O. The maximum absolute atomic E-state index is 4.96. The standard InChI is InChI=1S/C6H9O/c1-2-4-6-7-5-3-1/h6H,1-3,5H2. The second-order valence-corrected chi connectivity index (χ2v) is 1.65. The first-order valence-electron chi connectivity index (χ1n) is 2.67.